The maximum absolute atomic E-state index is 11.1. The molecule has 0 unspecified atom stereocenters. The van der Waals surface area contributed by atoms with Crippen LogP contribution < -0.4 is 0 Å². The lowest BCUT2D eigenvalue weighted by Crippen LogP contribution is -1.97. The third-order valence-corrected chi connectivity index (χ3v) is 3.05. The fourth-order valence-corrected chi connectivity index (χ4v) is 2.08. The van der Waals surface area contributed by atoms with Crippen molar-refractivity contribution in [1.29, 1.82) is 0 Å². The number of aromatic hydroxyl groups is 1. The first-order chi connectivity index (χ1) is 9.66. The monoisotopic (exact) mass is 266 g/mol. The Labute approximate surface area is 114 Å². The topological polar surface area (TPSA) is 83.3 Å². The number of benzene rings is 2. The number of aromatic carboxylic acids is 1. The Morgan fingerprint density at radius 2 is 1.70 bits per heavy atom. The van der Waals surface area contributed by atoms with Crippen LogP contribution in [0.2, 0.25) is 0 Å². The number of hydrogen-bond donors (Lipinski definition) is 2. The van der Waals surface area contributed by atoms with E-state index >= 15 is 0 Å². The number of nitrogens with zero attached hydrogens (tertiary/aromatic N) is 2. The maximum atomic E-state index is 11.1. The number of fused-ring (bicyclic) bond motifs is 1. The summed E-state index contributed by atoms with van der Waals surface area (Å²) in [5, 5.41) is 27.6. The molecule has 5 heteroatoms. The first-order valence-corrected chi connectivity index (χ1v) is 5.95. The van der Waals surface area contributed by atoms with E-state index in [9.17, 15) is 9.90 Å². The van der Waals surface area contributed by atoms with Crippen molar-refractivity contribution in [3.63, 3.8) is 0 Å². The normalized spacial score (nSPS) is 10.6. The zero-order chi connectivity index (χ0) is 14.1. The molecular formula is C15H10N2O3. The van der Waals surface area contributed by atoms with Crippen LogP contribution in [0.4, 0.5) is 0 Å². The minimum atomic E-state index is -1.03. The van der Waals surface area contributed by atoms with Crippen LogP contribution in [0, 0.1) is 0 Å². The summed E-state index contributed by atoms with van der Waals surface area (Å²) in [7, 11) is 0. The molecule has 3 aromatic rings. The summed E-state index contributed by atoms with van der Waals surface area (Å²) in [5.41, 5.74) is 1.50. The summed E-state index contributed by atoms with van der Waals surface area (Å²) >= 11 is 0. The quantitative estimate of drug-likeness (QED) is 0.745. The molecule has 0 radical (unpaired) electrons. The standard InChI is InChI=1S/C15H10N2O3/c18-14-11-7-6-10(15(19)20)8-12(11)13(16-17-14)9-4-2-1-3-5-9/h1-8H,(H,17,18)(H,19,20). The number of carboxylic acids is 1. The molecule has 3 rings (SSSR count). The van der Waals surface area contributed by atoms with Gasteiger partial charge in [-0.25, -0.2) is 4.79 Å². The minimum Gasteiger partial charge on any atom is -0.492 e. The molecule has 1 aromatic heterocycles. The van der Waals surface area contributed by atoms with Gasteiger partial charge < -0.3 is 10.2 Å². The molecule has 2 N–H and O–H groups in total. The molecule has 0 spiro atoms. The molecule has 0 fully saturated rings. The van der Waals surface area contributed by atoms with Crippen molar-refractivity contribution < 1.29 is 15.0 Å². The fourth-order valence-electron chi connectivity index (χ4n) is 2.08. The van der Waals surface area contributed by atoms with E-state index in [0.29, 0.717) is 16.5 Å². The van der Waals surface area contributed by atoms with Crippen molar-refractivity contribution in [2.45, 2.75) is 0 Å². The van der Waals surface area contributed by atoms with Gasteiger partial charge in [0.15, 0.2) is 0 Å². The van der Waals surface area contributed by atoms with Crippen LogP contribution in [0.1, 0.15) is 10.4 Å². The summed E-state index contributed by atoms with van der Waals surface area (Å²) in [6.45, 7) is 0. The zero-order valence-electron chi connectivity index (χ0n) is 10.3. The van der Waals surface area contributed by atoms with Gasteiger partial charge in [-0.2, -0.15) is 0 Å². The van der Waals surface area contributed by atoms with E-state index in [4.69, 9.17) is 5.11 Å². The third-order valence-electron chi connectivity index (χ3n) is 3.05. The SMILES string of the molecule is O=C(O)c1ccc2c(O)nnc(-c3ccccc3)c2c1. The van der Waals surface area contributed by atoms with Gasteiger partial charge in [-0.3, -0.25) is 0 Å². The summed E-state index contributed by atoms with van der Waals surface area (Å²) in [6.07, 6.45) is 0. The van der Waals surface area contributed by atoms with Gasteiger partial charge in [0.05, 0.1) is 5.56 Å². The second-order valence-electron chi connectivity index (χ2n) is 4.30. The highest BCUT2D eigenvalue weighted by Gasteiger charge is 2.13. The fraction of sp³-hybridized carbons (Fsp3) is 0. The van der Waals surface area contributed by atoms with Crippen molar-refractivity contribution in [3.05, 3.63) is 54.1 Å². The lowest BCUT2D eigenvalue weighted by atomic mass is 10.0. The van der Waals surface area contributed by atoms with E-state index in [1.165, 1.54) is 18.2 Å². The molecule has 0 bridgehead atoms. The summed E-state index contributed by atoms with van der Waals surface area (Å²) in [6, 6.07) is 13.8. The highest BCUT2D eigenvalue weighted by Crippen LogP contribution is 2.30. The highest BCUT2D eigenvalue weighted by molar-refractivity contribution is 6.01. The van der Waals surface area contributed by atoms with Crippen LogP contribution in [0.15, 0.2) is 48.5 Å². The van der Waals surface area contributed by atoms with Gasteiger partial charge in [0.25, 0.3) is 0 Å². The zero-order valence-corrected chi connectivity index (χ0v) is 10.3. The number of hydrogen-bond acceptors (Lipinski definition) is 4. The van der Waals surface area contributed by atoms with Crippen molar-refractivity contribution in [2.24, 2.45) is 0 Å². The van der Waals surface area contributed by atoms with Gasteiger partial charge in [-0.15, -0.1) is 10.2 Å². The van der Waals surface area contributed by atoms with Crippen LogP contribution in [0.25, 0.3) is 22.0 Å². The molecule has 0 amide bonds. The molecule has 1 heterocycles. The molecule has 0 atom stereocenters. The Kier molecular flexibility index (Phi) is 2.80. The van der Waals surface area contributed by atoms with Crippen LogP contribution in [0.3, 0.4) is 0 Å². The van der Waals surface area contributed by atoms with Crippen molar-refractivity contribution in [1.82, 2.24) is 10.2 Å². The van der Waals surface area contributed by atoms with Gasteiger partial charge in [0, 0.05) is 16.3 Å². The lowest BCUT2D eigenvalue weighted by molar-refractivity contribution is 0.0697. The van der Waals surface area contributed by atoms with E-state index < -0.39 is 5.97 Å². The molecule has 20 heavy (non-hydrogen) atoms. The van der Waals surface area contributed by atoms with Gasteiger partial charge in [-0.1, -0.05) is 30.3 Å². The van der Waals surface area contributed by atoms with E-state index in [0.717, 1.165) is 5.56 Å². The summed E-state index contributed by atoms with van der Waals surface area (Å²) in [4.78, 5) is 11.1. The Morgan fingerprint density at radius 3 is 2.40 bits per heavy atom. The van der Waals surface area contributed by atoms with E-state index in [2.05, 4.69) is 10.2 Å². The molecule has 0 saturated heterocycles. The van der Waals surface area contributed by atoms with E-state index in [-0.39, 0.29) is 11.4 Å². The van der Waals surface area contributed by atoms with Gasteiger partial charge in [-0.05, 0) is 18.2 Å². The van der Waals surface area contributed by atoms with Gasteiger partial charge in [0.2, 0.25) is 5.88 Å². The second kappa shape index (κ2) is 4.62. The van der Waals surface area contributed by atoms with Gasteiger partial charge in [0.1, 0.15) is 5.69 Å². The first kappa shape index (κ1) is 12.1. The largest absolute Gasteiger partial charge is 0.492 e. The molecule has 0 aliphatic heterocycles. The number of carboxylic acid groups (broad SMARTS) is 1. The minimum absolute atomic E-state index is 0.141. The van der Waals surface area contributed by atoms with E-state index in [1.807, 2.05) is 30.3 Å². The van der Waals surface area contributed by atoms with Gasteiger partial charge >= 0.3 is 5.97 Å². The Hall–Kier alpha value is -2.95. The first-order valence-electron chi connectivity index (χ1n) is 5.95. The number of aromatic nitrogens is 2. The second-order valence-corrected chi connectivity index (χ2v) is 4.30. The average Bonchev–Trinajstić information content (AvgIpc) is 2.48. The Bertz CT molecular complexity index is 801. The van der Waals surface area contributed by atoms with E-state index in [1.54, 1.807) is 0 Å². The van der Waals surface area contributed by atoms with Crippen molar-refractivity contribution >= 4 is 16.7 Å². The predicted molar refractivity (Wildman–Crippen MR) is 73.6 cm³/mol. The molecule has 0 saturated carbocycles. The van der Waals surface area contributed by atoms with Crippen LogP contribution >= 0.6 is 0 Å². The highest BCUT2D eigenvalue weighted by atomic mass is 16.4. The summed E-state index contributed by atoms with van der Waals surface area (Å²) < 4.78 is 0. The smallest absolute Gasteiger partial charge is 0.335 e. The van der Waals surface area contributed by atoms with Crippen LogP contribution in [0.5, 0.6) is 5.88 Å². The van der Waals surface area contributed by atoms with Crippen LogP contribution in [-0.4, -0.2) is 26.4 Å². The number of carbonyl (C=O) groups is 1. The third kappa shape index (κ3) is 1.95. The Morgan fingerprint density at radius 1 is 0.950 bits per heavy atom. The molecule has 5 nitrogen and oxygen atoms in total. The van der Waals surface area contributed by atoms with Crippen molar-refractivity contribution in [3.8, 4) is 17.1 Å². The van der Waals surface area contributed by atoms with Crippen LogP contribution in [-0.2, 0) is 0 Å². The Balaban J connectivity index is 2.35. The molecule has 0 aliphatic rings. The maximum Gasteiger partial charge on any atom is 0.335 e. The predicted octanol–water partition coefficient (Wildman–Crippen LogP) is 2.70. The van der Waals surface area contributed by atoms with Crippen molar-refractivity contribution in [2.75, 3.05) is 0 Å². The number of rotatable bonds is 2. The lowest BCUT2D eigenvalue weighted by Gasteiger charge is -2.07. The average molecular weight is 266 g/mol. The molecule has 0 aliphatic carbocycles. The summed E-state index contributed by atoms with van der Waals surface area (Å²) in [5.74, 6) is -1.24. The molecular weight excluding hydrogens is 256 g/mol. The molecule has 98 valence electrons. The molecule has 2 aromatic carbocycles.